The quantitative estimate of drug-likeness (QED) is 0.383. The Labute approximate surface area is 103 Å². The van der Waals surface area contributed by atoms with Gasteiger partial charge >= 0.3 is 5.69 Å². The van der Waals surface area contributed by atoms with Crippen LogP contribution in [0.15, 0.2) is 30.4 Å². The zero-order valence-electron chi connectivity index (χ0n) is 8.35. The molecule has 6 heteroatoms. The molecule has 0 saturated carbocycles. The average Bonchev–Trinajstić information content (AvgIpc) is 2.25. The maximum Gasteiger partial charge on any atom is 0.311 e. The van der Waals surface area contributed by atoms with Crippen molar-refractivity contribution < 1.29 is 9.66 Å². The highest BCUT2D eigenvalue weighted by Crippen LogP contribution is 2.30. The summed E-state index contributed by atoms with van der Waals surface area (Å²) in [5, 5.41) is 11.1. The SMILES string of the molecule is C=C(CS)COc1cc(Cl)ccc1[N+](=O)[O-]. The lowest BCUT2D eigenvalue weighted by atomic mass is 10.3. The zero-order valence-corrected chi connectivity index (χ0v) is 10.0. The highest BCUT2D eigenvalue weighted by molar-refractivity contribution is 7.80. The lowest BCUT2D eigenvalue weighted by Crippen LogP contribution is -2.03. The van der Waals surface area contributed by atoms with Crippen LogP contribution in [0.5, 0.6) is 5.75 Å². The lowest BCUT2D eigenvalue weighted by molar-refractivity contribution is -0.385. The summed E-state index contributed by atoms with van der Waals surface area (Å²) in [7, 11) is 0. The van der Waals surface area contributed by atoms with Crippen LogP contribution in [0.25, 0.3) is 0 Å². The maximum atomic E-state index is 10.7. The minimum atomic E-state index is -0.519. The van der Waals surface area contributed by atoms with Crippen LogP contribution in [0, 0.1) is 10.1 Å². The van der Waals surface area contributed by atoms with E-state index in [-0.39, 0.29) is 18.0 Å². The predicted octanol–water partition coefficient (Wildman–Crippen LogP) is 3.11. The highest BCUT2D eigenvalue weighted by atomic mass is 35.5. The van der Waals surface area contributed by atoms with Gasteiger partial charge in [0.15, 0.2) is 5.75 Å². The summed E-state index contributed by atoms with van der Waals surface area (Å²) < 4.78 is 5.26. The van der Waals surface area contributed by atoms with Crippen molar-refractivity contribution in [3.8, 4) is 5.75 Å². The van der Waals surface area contributed by atoms with Crippen LogP contribution in [0.3, 0.4) is 0 Å². The fourth-order valence-corrected chi connectivity index (χ4v) is 1.23. The summed E-state index contributed by atoms with van der Waals surface area (Å²) in [4.78, 5) is 10.2. The van der Waals surface area contributed by atoms with Crippen LogP contribution < -0.4 is 4.74 Å². The molecule has 0 aliphatic heterocycles. The maximum absolute atomic E-state index is 10.7. The summed E-state index contributed by atoms with van der Waals surface area (Å²) in [6.07, 6.45) is 0. The van der Waals surface area contributed by atoms with Crippen molar-refractivity contribution in [3.63, 3.8) is 0 Å². The molecule has 0 aliphatic carbocycles. The van der Waals surface area contributed by atoms with Gasteiger partial charge in [0.1, 0.15) is 6.61 Å². The van der Waals surface area contributed by atoms with Crippen molar-refractivity contribution in [2.75, 3.05) is 12.4 Å². The number of halogens is 1. The normalized spacial score (nSPS) is 9.88. The summed E-state index contributed by atoms with van der Waals surface area (Å²) in [6.45, 7) is 3.87. The van der Waals surface area contributed by atoms with Gasteiger partial charge in [0.25, 0.3) is 0 Å². The average molecular weight is 260 g/mol. The molecule has 0 radical (unpaired) electrons. The summed E-state index contributed by atoms with van der Waals surface area (Å²) in [5.74, 6) is 0.606. The van der Waals surface area contributed by atoms with Crippen LogP contribution >= 0.6 is 24.2 Å². The Bertz CT molecular complexity index is 423. The molecule has 1 aromatic carbocycles. The van der Waals surface area contributed by atoms with Gasteiger partial charge in [-0.25, -0.2) is 0 Å². The molecule has 0 aromatic heterocycles. The minimum Gasteiger partial charge on any atom is -0.482 e. The first-order chi connectivity index (χ1) is 7.54. The van der Waals surface area contributed by atoms with Crippen LogP contribution in [-0.4, -0.2) is 17.3 Å². The number of thiol groups is 1. The number of hydrogen-bond acceptors (Lipinski definition) is 4. The van der Waals surface area contributed by atoms with Gasteiger partial charge in [-0.3, -0.25) is 10.1 Å². The van der Waals surface area contributed by atoms with E-state index >= 15 is 0 Å². The number of nitro groups is 1. The van der Waals surface area contributed by atoms with Gasteiger partial charge in [0.05, 0.1) is 4.92 Å². The first-order valence-electron chi connectivity index (χ1n) is 4.39. The van der Waals surface area contributed by atoms with Crippen LogP contribution in [0.4, 0.5) is 5.69 Å². The second-order valence-electron chi connectivity index (χ2n) is 3.07. The Balaban J connectivity index is 2.88. The number of hydrogen-bond donors (Lipinski definition) is 1. The molecule has 1 aromatic rings. The van der Waals surface area contributed by atoms with Gasteiger partial charge in [-0.05, 0) is 11.6 Å². The molecule has 0 unspecified atom stereocenters. The molecule has 0 N–H and O–H groups in total. The standard InChI is InChI=1S/C10H10ClNO3S/c1-7(6-16)5-15-10-4-8(11)2-3-9(10)12(13)14/h2-4,16H,1,5-6H2. The molecule has 0 bridgehead atoms. The smallest absolute Gasteiger partial charge is 0.311 e. The molecule has 1 rings (SSSR count). The number of nitrogens with zero attached hydrogens (tertiary/aromatic N) is 1. The van der Waals surface area contributed by atoms with Crippen molar-refractivity contribution in [1.29, 1.82) is 0 Å². The molecule has 0 fully saturated rings. The second-order valence-corrected chi connectivity index (χ2v) is 3.82. The van der Waals surface area contributed by atoms with E-state index in [4.69, 9.17) is 16.3 Å². The number of nitro benzene ring substituents is 1. The van der Waals surface area contributed by atoms with Gasteiger partial charge in [-0.1, -0.05) is 18.2 Å². The Morgan fingerprint density at radius 2 is 2.31 bits per heavy atom. The Kier molecular flexibility index (Phi) is 4.64. The van der Waals surface area contributed by atoms with E-state index in [2.05, 4.69) is 19.2 Å². The van der Waals surface area contributed by atoms with Crippen molar-refractivity contribution in [1.82, 2.24) is 0 Å². The molecular weight excluding hydrogens is 250 g/mol. The first kappa shape index (κ1) is 12.9. The second kappa shape index (κ2) is 5.77. The zero-order chi connectivity index (χ0) is 12.1. The van der Waals surface area contributed by atoms with E-state index in [9.17, 15) is 10.1 Å². The van der Waals surface area contributed by atoms with Crippen LogP contribution in [-0.2, 0) is 0 Å². The Hall–Kier alpha value is -1.20. The molecule has 4 nitrogen and oxygen atoms in total. The van der Waals surface area contributed by atoms with E-state index in [1.165, 1.54) is 18.2 Å². The molecule has 0 heterocycles. The lowest BCUT2D eigenvalue weighted by Gasteiger charge is -2.07. The van der Waals surface area contributed by atoms with Gasteiger partial charge < -0.3 is 4.74 Å². The molecule has 0 saturated heterocycles. The van der Waals surface area contributed by atoms with Crippen molar-refractivity contribution in [2.45, 2.75) is 0 Å². The van der Waals surface area contributed by atoms with E-state index in [0.29, 0.717) is 10.8 Å². The van der Waals surface area contributed by atoms with E-state index in [1.54, 1.807) is 0 Å². The van der Waals surface area contributed by atoms with Crippen molar-refractivity contribution in [3.05, 3.63) is 45.5 Å². The predicted molar refractivity (Wildman–Crippen MR) is 66.6 cm³/mol. The van der Waals surface area contributed by atoms with E-state index in [0.717, 1.165) is 5.57 Å². The third-order valence-corrected chi connectivity index (χ3v) is 2.46. The van der Waals surface area contributed by atoms with Crippen LogP contribution in [0.1, 0.15) is 0 Å². The highest BCUT2D eigenvalue weighted by Gasteiger charge is 2.15. The molecular formula is C10H10ClNO3S. The molecule has 0 aliphatic rings. The number of rotatable bonds is 5. The fraction of sp³-hybridized carbons (Fsp3) is 0.200. The molecule has 0 amide bonds. The molecule has 16 heavy (non-hydrogen) atoms. The number of ether oxygens (including phenoxy) is 1. The van der Waals surface area contributed by atoms with Crippen molar-refractivity contribution in [2.24, 2.45) is 0 Å². The number of benzene rings is 1. The minimum absolute atomic E-state index is 0.114. The Morgan fingerprint density at radius 1 is 1.62 bits per heavy atom. The topological polar surface area (TPSA) is 52.4 Å². The first-order valence-corrected chi connectivity index (χ1v) is 5.40. The summed E-state index contributed by atoms with van der Waals surface area (Å²) in [6, 6.07) is 4.16. The van der Waals surface area contributed by atoms with Gasteiger partial charge in [0.2, 0.25) is 0 Å². The van der Waals surface area contributed by atoms with Gasteiger partial charge in [-0.2, -0.15) is 12.6 Å². The van der Waals surface area contributed by atoms with Crippen LogP contribution in [0.2, 0.25) is 5.02 Å². The fourth-order valence-electron chi connectivity index (χ4n) is 0.980. The van der Waals surface area contributed by atoms with Gasteiger partial charge in [0, 0.05) is 22.9 Å². The molecule has 86 valence electrons. The monoisotopic (exact) mass is 259 g/mol. The third kappa shape index (κ3) is 3.43. The third-order valence-electron chi connectivity index (χ3n) is 1.77. The van der Waals surface area contributed by atoms with E-state index < -0.39 is 4.92 Å². The van der Waals surface area contributed by atoms with E-state index in [1.807, 2.05) is 0 Å². The van der Waals surface area contributed by atoms with Crippen molar-refractivity contribution >= 4 is 29.9 Å². The molecule has 0 atom stereocenters. The van der Waals surface area contributed by atoms with Gasteiger partial charge in [-0.15, -0.1) is 0 Å². The molecule has 0 spiro atoms. The summed E-state index contributed by atoms with van der Waals surface area (Å²) in [5.41, 5.74) is 0.619. The Morgan fingerprint density at radius 3 is 2.88 bits per heavy atom. The largest absolute Gasteiger partial charge is 0.482 e. The summed E-state index contributed by atoms with van der Waals surface area (Å²) >= 11 is 9.74.